The summed E-state index contributed by atoms with van der Waals surface area (Å²) in [4.78, 5) is 4.24. The van der Waals surface area contributed by atoms with Crippen molar-refractivity contribution in [2.45, 2.75) is 18.8 Å². The molecule has 1 aromatic rings. The van der Waals surface area contributed by atoms with Crippen LogP contribution in [0.15, 0.2) is 24.4 Å². The maximum atomic E-state index is 4.24. The van der Waals surface area contributed by atoms with Crippen LogP contribution in [0.1, 0.15) is 24.5 Å². The van der Waals surface area contributed by atoms with Crippen LogP contribution in [0.3, 0.4) is 0 Å². The van der Waals surface area contributed by atoms with Crippen LogP contribution in [-0.2, 0) is 0 Å². The quantitative estimate of drug-likeness (QED) is 0.550. The van der Waals surface area contributed by atoms with Gasteiger partial charge in [0.15, 0.2) is 0 Å². The molecule has 1 fully saturated rings. The zero-order valence-corrected chi connectivity index (χ0v) is 5.25. The molecule has 0 saturated heterocycles. The van der Waals surface area contributed by atoms with Crippen molar-refractivity contribution in [1.82, 2.24) is 4.98 Å². The second-order valence-electron chi connectivity index (χ2n) is 2.53. The van der Waals surface area contributed by atoms with Crippen molar-refractivity contribution in [2.75, 3.05) is 0 Å². The van der Waals surface area contributed by atoms with Crippen molar-refractivity contribution in [3.05, 3.63) is 30.1 Å². The number of hydrogen-bond acceptors (Lipinski definition) is 1. The molecule has 0 aliphatic heterocycles. The van der Waals surface area contributed by atoms with Gasteiger partial charge >= 0.3 is 0 Å². The Hall–Kier alpha value is -0.850. The van der Waals surface area contributed by atoms with E-state index in [-0.39, 0.29) is 0 Å². The van der Waals surface area contributed by atoms with Crippen LogP contribution in [0.4, 0.5) is 0 Å². The largest absolute Gasteiger partial charge is 0.261 e. The Balaban J connectivity index is 2.29. The summed E-state index contributed by atoms with van der Waals surface area (Å²) in [6, 6.07) is 6.13. The fraction of sp³-hybridized carbons (Fsp3) is 0.375. The number of rotatable bonds is 1. The molecule has 0 N–H and O–H groups in total. The molecule has 1 aliphatic carbocycles. The van der Waals surface area contributed by atoms with E-state index >= 15 is 0 Å². The van der Waals surface area contributed by atoms with Crippen molar-refractivity contribution in [1.29, 1.82) is 0 Å². The smallest absolute Gasteiger partial charge is 0.0434 e. The molecule has 46 valence electrons. The lowest BCUT2D eigenvalue weighted by molar-refractivity contribution is 1.02. The van der Waals surface area contributed by atoms with Gasteiger partial charge in [0.2, 0.25) is 0 Å². The maximum absolute atomic E-state index is 4.24. The molecule has 0 spiro atoms. The molecule has 0 radical (unpaired) electrons. The minimum absolute atomic E-state index is 0.797. The Labute approximate surface area is 54.7 Å². The third-order valence-corrected chi connectivity index (χ3v) is 1.68. The van der Waals surface area contributed by atoms with Gasteiger partial charge in [-0.15, -0.1) is 0 Å². The molecule has 0 unspecified atom stereocenters. The molecule has 1 saturated carbocycles. The van der Waals surface area contributed by atoms with Crippen LogP contribution < -0.4 is 0 Å². The standard InChI is InChI=1S/C8H9N/c1-2-6-9-8(3-1)7-4-5-7/h1-3,6-7H,4-5H2. The Kier molecular flexibility index (Phi) is 1.01. The molecule has 0 bridgehead atoms. The van der Waals surface area contributed by atoms with E-state index in [2.05, 4.69) is 17.1 Å². The fourth-order valence-corrected chi connectivity index (χ4v) is 0.997. The van der Waals surface area contributed by atoms with Crippen molar-refractivity contribution in [3.8, 4) is 0 Å². The molecule has 0 aromatic carbocycles. The van der Waals surface area contributed by atoms with Gasteiger partial charge in [-0.2, -0.15) is 0 Å². The van der Waals surface area contributed by atoms with Gasteiger partial charge in [-0.1, -0.05) is 6.07 Å². The van der Waals surface area contributed by atoms with Crippen molar-refractivity contribution in [2.24, 2.45) is 0 Å². The number of hydrogen-bond donors (Lipinski definition) is 0. The number of nitrogens with zero attached hydrogens (tertiary/aromatic N) is 1. The first-order chi connectivity index (χ1) is 4.47. The van der Waals surface area contributed by atoms with E-state index in [1.807, 2.05) is 12.3 Å². The Bertz CT molecular complexity index is 189. The lowest BCUT2D eigenvalue weighted by Gasteiger charge is -1.91. The van der Waals surface area contributed by atoms with E-state index in [4.69, 9.17) is 0 Å². The summed E-state index contributed by atoms with van der Waals surface area (Å²) < 4.78 is 0. The summed E-state index contributed by atoms with van der Waals surface area (Å²) >= 11 is 0. The summed E-state index contributed by atoms with van der Waals surface area (Å²) in [7, 11) is 0. The van der Waals surface area contributed by atoms with E-state index in [1.165, 1.54) is 18.5 Å². The summed E-state index contributed by atoms with van der Waals surface area (Å²) in [6.45, 7) is 0. The Morgan fingerprint density at radius 3 is 2.78 bits per heavy atom. The summed E-state index contributed by atoms with van der Waals surface area (Å²) in [5, 5.41) is 0. The first-order valence-electron chi connectivity index (χ1n) is 3.38. The van der Waals surface area contributed by atoms with Gasteiger partial charge in [0.25, 0.3) is 0 Å². The second kappa shape index (κ2) is 1.83. The van der Waals surface area contributed by atoms with Crippen molar-refractivity contribution < 1.29 is 0 Å². The lowest BCUT2D eigenvalue weighted by atomic mass is 10.3. The summed E-state index contributed by atoms with van der Waals surface area (Å²) in [5.41, 5.74) is 1.28. The summed E-state index contributed by atoms with van der Waals surface area (Å²) in [5.74, 6) is 0.797. The average Bonchev–Trinajstić information content (AvgIpc) is 2.71. The fourth-order valence-electron chi connectivity index (χ4n) is 0.997. The molecule has 1 aromatic heterocycles. The van der Waals surface area contributed by atoms with E-state index in [0.717, 1.165) is 5.92 Å². The van der Waals surface area contributed by atoms with Crippen LogP contribution in [0.5, 0.6) is 0 Å². The zero-order chi connectivity index (χ0) is 6.10. The predicted molar refractivity (Wildman–Crippen MR) is 36.2 cm³/mol. The van der Waals surface area contributed by atoms with Gasteiger partial charge in [0.1, 0.15) is 0 Å². The molecule has 0 amide bonds. The van der Waals surface area contributed by atoms with Crippen molar-refractivity contribution >= 4 is 0 Å². The predicted octanol–water partition coefficient (Wildman–Crippen LogP) is 1.96. The Morgan fingerprint density at radius 1 is 1.33 bits per heavy atom. The molecular weight excluding hydrogens is 110 g/mol. The third kappa shape index (κ3) is 0.947. The van der Waals surface area contributed by atoms with Crippen LogP contribution in [-0.4, -0.2) is 4.98 Å². The lowest BCUT2D eigenvalue weighted by Crippen LogP contribution is -1.81. The molecule has 0 atom stereocenters. The van der Waals surface area contributed by atoms with E-state index in [0.29, 0.717) is 0 Å². The van der Waals surface area contributed by atoms with Gasteiger partial charge in [0, 0.05) is 17.8 Å². The highest BCUT2D eigenvalue weighted by atomic mass is 14.7. The van der Waals surface area contributed by atoms with E-state index < -0.39 is 0 Å². The Morgan fingerprint density at radius 2 is 2.22 bits per heavy atom. The topological polar surface area (TPSA) is 12.9 Å². The SMILES string of the molecule is c1ccc(C2CC2)nc1. The van der Waals surface area contributed by atoms with Crippen molar-refractivity contribution in [3.63, 3.8) is 0 Å². The first-order valence-corrected chi connectivity index (χ1v) is 3.38. The van der Waals surface area contributed by atoms with Gasteiger partial charge < -0.3 is 0 Å². The number of pyridine rings is 1. The first kappa shape index (κ1) is 4.98. The minimum Gasteiger partial charge on any atom is -0.261 e. The highest BCUT2D eigenvalue weighted by molar-refractivity contribution is 5.14. The molecule has 1 aliphatic rings. The van der Waals surface area contributed by atoms with E-state index in [1.54, 1.807) is 0 Å². The van der Waals surface area contributed by atoms with Gasteiger partial charge in [0.05, 0.1) is 0 Å². The van der Waals surface area contributed by atoms with Gasteiger partial charge in [-0.25, -0.2) is 0 Å². The van der Waals surface area contributed by atoms with Crippen LogP contribution in [0, 0.1) is 0 Å². The normalized spacial score (nSPS) is 17.8. The molecule has 2 rings (SSSR count). The highest BCUT2D eigenvalue weighted by Crippen LogP contribution is 2.38. The van der Waals surface area contributed by atoms with Gasteiger partial charge in [-0.3, -0.25) is 4.98 Å². The third-order valence-electron chi connectivity index (χ3n) is 1.68. The molecule has 1 heterocycles. The van der Waals surface area contributed by atoms with Gasteiger partial charge in [-0.05, 0) is 25.0 Å². The monoisotopic (exact) mass is 119 g/mol. The zero-order valence-electron chi connectivity index (χ0n) is 5.25. The van der Waals surface area contributed by atoms with E-state index in [9.17, 15) is 0 Å². The molecular formula is C8H9N. The highest BCUT2D eigenvalue weighted by Gasteiger charge is 2.23. The number of aromatic nitrogens is 1. The van der Waals surface area contributed by atoms with Crippen LogP contribution in [0.2, 0.25) is 0 Å². The average molecular weight is 119 g/mol. The summed E-state index contributed by atoms with van der Waals surface area (Å²) in [6.07, 6.45) is 4.56. The molecule has 1 nitrogen and oxygen atoms in total. The molecule has 9 heavy (non-hydrogen) atoms. The second-order valence-corrected chi connectivity index (χ2v) is 2.53. The van der Waals surface area contributed by atoms with Crippen LogP contribution >= 0.6 is 0 Å². The minimum atomic E-state index is 0.797. The molecule has 1 heteroatoms. The maximum Gasteiger partial charge on any atom is 0.0434 e. The van der Waals surface area contributed by atoms with Crippen LogP contribution in [0.25, 0.3) is 0 Å².